The number of benzene rings is 3. The van der Waals surface area contributed by atoms with Crippen molar-refractivity contribution in [1.29, 1.82) is 0 Å². The van der Waals surface area contributed by atoms with Crippen LogP contribution < -0.4 is 20.9 Å². The van der Waals surface area contributed by atoms with E-state index in [0.717, 1.165) is 28.7 Å². The quantitative estimate of drug-likeness (QED) is 0.366. The number of nitrogens with one attached hydrogen (secondary N) is 1. The number of hydrogen-bond acceptors (Lipinski definition) is 3. The third-order valence-corrected chi connectivity index (χ3v) is 7.88. The molecule has 4 amide bonds. The molecule has 3 N–H and O–H groups in total. The lowest BCUT2D eigenvalue weighted by Gasteiger charge is -2.33. The molecule has 1 aliphatic rings. The minimum atomic E-state index is -0.969. The molecule has 0 aliphatic carbocycles. The standard InChI is InChI=1S/C32H37ClN4O3/c1-6-32(4,5)35-29(38)19-36-27-17-23(33)14-15-25(27)26(22-12-10-20(2)11-13-22)18-28(30(36)39)37(31(34)40)24-9-7-8-21(3)16-24/h7-17,26,28H,6,18-19H2,1-5H3,(H2,34,40)(H,35,38). The lowest BCUT2D eigenvalue weighted by atomic mass is 9.85. The van der Waals surface area contributed by atoms with Crippen LogP contribution in [0.2, 0.25) is 5.02 Å². The van der Waals surface area contributed by atoms with Crippen LogP contribution >= 0.6 is 11.6 Å². The molecule has 2 unspecified atom stereocenters. The van der Waals surface area contributed by atoms with Crippen LogP contribution in [0.15, 0.2) is 66.7 Å². The molecule has 4 rings (SSSR count). The van der Waals surface area contributed by atoms with E-state index in [1.807, 2.05) is 83.1 Å². The number of aryl methyl sites for hydroxylation is 2. The second kappa shape index (κ2) is 11.7. The molecule has 0 radical (unpaired) electrons. The lowest BCUT2D eigenvalue weighted by molar-refractivity contribution is -0.125. The average Bonchev–Trinajstić information content (AvgIpc) is 2.99. The summed E-state index contributed by atoms with van der Waals surface area (Å²) in [5.41, 5.74) is 10.4. The van der Waals surface area contributed by atoms with E-state index in [1.165, 1.54) is 9.80 Å². The van der Waals surface area contributed by atoms with Crippen LogP contribution in [0, 0.1) is 13.8 Å². The van der Waals surface area contributed by atoms with Crippen molar-refractivity contribution in [2.75, 3.05) is 16.3 Å². The maximum absolute atomic E-state index is 14.5. The Morgan fingerprint density at radius 1 is 1.05 bits per heavy atom. The van der Waals surface area contributed by atoms with Gasteiger partial charge in [-0.2, -0.15) is 0 Å². The van der Waals surface area contributed by atoms with Gasteiger partial charge in [0.25, 0.3) is 5.91 Å². The van der Waals surface area contributed by atoms with E-state index in [4.69, 9.17) is 17.3 Å². The van der Waals surface area contributed by atoms with Crippen molar-refractivity contribution in [1.82, 2.24) is 5.32 Å². The van der Waals surface area contributed by atoms with E-state index in [9.17, 15) is 14.4 Å². The van der Waals surface area contributed by atoms with Crippen LogP contribution in [-0.2, 0) is 9.59 Å². The number of amides is 4. The first-order chi connectivity index (χ1) is 18.9. The van der Waals surface area contributed by atoms with Gasteiger partial charge in [-0.1, -0.05) is 66.6 Å². The van der Waals surface area contributed by atoms with E-state index in [2.05, 4.69) is 5.32 Å². The zero-order valence-electron chi connectivity index (χ0n) is 23.7. The molecule has 7 nitrogen and oxygen atoms in total. The van der Waals surface area contributed by atoms with E-state index in [1.54, 1.807) is 18.2 Å². The number of carbonyl (C=O) groups excluding carboxylic acids is 3. The Hall–Kier alpha value is -3.84. The summed E-state index contributed by atoms with van der Waals surface area (Å²) in [4.78, 5) is 43.6. The van der Waals surface area contributed by atoms with Gasteiger partial charge in [0.2, 0.25) is 5.91 Å². The zero-order chi connectivity index (χ0) is 29.2. The number of nitrogens with two attached hydrogens (primary N) is 1. The molecule has 210 valence electrons. The van der Waals surface area contributed by atoms with Crippen LogP contribution in [0.25, 0.3) is 0 Å². The SMILES string of the molecule is CCC(C)(C)NC(=O)CN1C(=O)C(N(C(N)=O)c2cccc(C)c2)CC(c2ccc(C)cc2)c2ccc(Cl)cc21. The number of urea groups is 1. The molecule has 8 heteroatoms. The fourth-order valence-electron chi connectivity index (χ4n) is 5.18. The summed E-state index contributed by atoms with van der Waals surface area (Å²) in [6.45, 7) is 9.55. The molecular weight excluding hydrogens is 524 g/mol. The normalized spacial score (nSPS) is 17.1. The van der Waals surface area contributed by atoms with E-state index in [0.29, 0.717) is 16.4 Å². The summed E-state index contributed by atoms with van der Waals surface area (Å²) in [5.74, 6) is -0.976. The summed E-state index contributed by atoms with van der Waals surface area (Å²) in [5, 5.41) is 3.47. The molecule has 0 saturated heterocycles. The molecule has 3 aromatic rings. The van der Waals surface area contributed by atoms with Gasteiger partial charge >= 0.3 is 6.03 Å². The van der Waals surface area contributed by atoms with Gasteiger partial charge in [0.15, 0.2) is 0 Å². The number of halogens is 1. The molecule has 3 aromatic carbocycles. The molecule has 0 spiro atoms. The molecule has 0 aromatic heterocycles. The van der Waals surface area contributed by atoms with Crippen molar-refractivity contribution in [3.63, 3.8) is 0 Å². The largest absolute Gasteiger partial charge is 0.351 e. The van der Waals surface area contributed by atoms with Crippen molar-refractivity contribution in [3.05, 3.63) is 94.0 Å². The minimum Gasteiger partial charge on any atom is -0.351 e. The fraction of sp³-hybridized carbons (Fsp3) is 0.344. The molecule has 40 heavy (non-hydrogen) atoms. The summed E-state index contributed by atoms with van der Waals surface area (Å²) >= 11 is 6.46. The summed E-state index contributed by atoms with van der Waals surface area (Å²) in [6.07, 6.45) is 0.988. The van der Waals surface area contributed by atoms with Gasteiger partial charge in [0.05, 0.1) is 0 Å². The first-order valence-electron chi connectivity index (χ1n) is 13.5. The molecule has 1 aliphatic heterocycles. The number of hydrogen-bond donors (Lipinski definition) is 2. The van der Waals surface area contributed by atoms with Crippen LogP contribution in [0.3, 0.4) is 0 Å². The van der Waals surface area contributed by atoms with E-state index in [-0.39, 0.29) is 24.8 Å². The van der Waals surface area contributed by atoms with Gasteiger partial charge in [-0.15, -0.1) is 0 Å². The molecule has 1 heterocycles. The van der Waals surface area contributed by atoms with Crippen LogP contribution in [0.5, 0.6) is 0 Å². The average molecular weight is 561 g/mol. The van der Waals surface area contributed by atoms with E-state index >= 15 is 0 Å². The predicted molar refractivity (Wildman–Crippen MR) is 161 cm³/mol. The Morgan fingerprint density at radius 2 is 1.75 bits per heavy atom. The highest BCUT2D eigenvalue weighted by Gasteiger charge is 2.41. The maximum Gasteiger partial charge on any atom is 0.320 e. The van der Waals surface area contributed by atoms with Gasteiger partial charge in [-0.25, -0.2) is 4.79 Å². The van der Waals surface area contributed by atoms with Crippen LogP contribution in [0.1, 0.15) is 61.8 Å². The molecule has 0 bridgehead atoms. The van der Waals surface area contributed by atoms with Crippen molar-refractivity contribution in [3.8, 4) is 0 Å². The highest BCUT2D eigenvalue weighted by molar-refractivity contribution is 6.31. The van der Waals surface area contributed by atoms with Gasteiger partial charge in [0.1, 0.15) is 12.6 Å². The maximum atomic E-state index is 14.5. The van der Waals surface area contributed by atoms with Gasteiger partial charge < -0.3 is 16.0 Å². The number of rotatable bonds is 7. The smallest absolute Gasteiger partial charge is 0.320 e. The second-order valence-electron chi connectivity index (χ2n) is 11.2. The van der Waals surface area contributed by atoms with Gasteiger partial charge in [0, 0.05) is 27.9 Å². The highest BCUT2D eigenvalue weighted by atomic mass is 35.5. The summed E-state index contributed by atoms with van der Waals surface area (Å²) in [7, 11) is 0. The number of fused-ring (bicyclic) bond motifs is 1. The molecule has 0 fully saturated rings. The second-order valence-corrected chi connectivity index (χ2v) is 11.6. The Labute approximate surface area is 241 Å². The fourth-order valence-corrected chi connectivity index (χ4v) is 5.34. The Balaban J connectivity index is 1.90. The molecule has 2 atom stereocenters. The summed E-state index contributed by atoms with van der Waals surface area (Å²) in [6, 6.07) is 19.2. The first-order valence-corrected chi connectivity index (χ1v) is 13.9. The van der Waals surface area contributed by atoms with Gasteiger partial charge in [-0.05, 0) is 81.5 Å². The Morgan fingerprint density at radius 3 is 2.38 bits per heavy atom. The Bertz CT molecular complexity index is 1420. The van der Waals surface area contributed by atoms with Crippen molar-refractivity contribution in [2.24, 2.45) is 5.73 Å². The van der Waals surface area contributed by atoms with Crippen LogP contribution in [0.4, 0.5) is 16.2 Å². The van der Waals surface area contributed by atoms with Crippen molar-refractivity contribution >= 4 is 40.8 Å². The minimum absolute atomic E-state index is 0.229. The van der Waals surface area contributed by atoms with Crippen molar-refractivity contribution < 1.29 is 14.4 Å². The third kappa shape index (κ3) is 6.31. The highest BCUT2D eigenvalue weighted by Crippen LogP contribution is 2.42. The topological polar surface area (TPSA) is 95.7 Å². The molecule has 0 saturated carbocycles. The molecular formula is C32H37ClN4O3. The number of anilines is 2. The predicted octanol–water partition coefficient (Wildman–Crippen LogP) is 6.08. The zero-order valence-corrected chi connectivity index (χ0v) is 24.5. The number of carbonyl (C=O) groups is 3. The van der Waals surface area contributed by atoms with E-state index < -0.39 is 23.5 Å². The summed E-state index contributed by atoms with van der Waals surface area (Å²) < 4.78 is 0. The number of nitrogens with zero attached hydrogens (tertiary/aromatic N) is 2. The Kier molecular flexibility index (Phi) is 8.54. The van der Waals surface area contributed by atoms with Gasteiger partial charge in [-0.3, -0.25) is 14.5 Å². The first kappa shape index (κ1) is 29.2. The monoisotopic (exact) mass is 560 g/mol. The third-order valence-electron chi connectivity index (χ3n) is 7.64. The lowest BCUT2D eigenvalue weighted by Crippen LogP contribution is -2.55. The van der Waals surface area contributed by atoms with Crippen LogP contribution in [-0.4, -0.2) is 36.0 Å². The number of primary amides is 1. The van der Waals surface area contributed by atoms with Crippen molar-refractivity contribution in [2.45, 2.75) is 65.0 Å².